The minimum absolute atomic E-state index is 0.0799. The minimum atomic E-state index is -0.297. The molecular weight excluding hydrogens is 280 g/mol. The number of nitrogens with zero attached hydrogens (tertiary/aromatic N) is 2. The predicted molar refractivity (Wildman–Crippen MR) is 81.1 cm³/mol. The maximum absolute atomic E-state index is 11.7. The molecule has 0 bridgehead atoms. The van der Waals surface area contributed by atoms with Crippen molar-refractivity contribution in [3.05, 3.63) is 0 Å². The molecule has 2 atom stereocenters. The molecule has 0 heterocycles. The lowest BCUT2D eigenvalue weighted by Gasteiger charge is -2.48. The molecule has 1 aliphatic rings. The van der Waals surface area contributed by atoms with Crippen LogP contribution in [0.5, 0.6) is 0 Å². The van der Waals surface area contributed by atoms with Gasteiger partial charge in [-0.2, -0.15) is 10.5 Å². The second kappa shape index (κ2) is 7.26. The van der Waals surface area contributed by atoms with Crippen LogP contribution in [0.25, 0.3) is 0 Å². The van der Waals surface area contributed by atoms with E-state index in [0.29, 0.717) is 6.54 Å². The van der Waals surface area contributed by atoms with Crippen molar-refractivity contribution in [1.82, 2.24) is 10.6 Å². The number of amides is 2. The molecule has 22 heavy (non-hydrogen) atoms. The molecule has 0 spiro atoms. The molecule has 6 nitrogen and oxygen atoms in total. The highest BCUT2D eigenvalue weighted by Crippen LogP contribution is 2.45. The van der Waals surface area contributed by atoms with Crippen LogP contribution in [0, 0.1) is 33.5 Å². The highest BCUT2D eigenvalue weighted by molar-refractivity contribution is 5.79. The van der Waals surface area contributed by atoms with Gasteiger partial charge < -0.3 is 10.6 Å². The van der Waals surface area contributed by atoms with E-state index in [4.69, 9.17) is 10.5 Å². The van der Waals surface area contributed by atoms with Gasteiger partial charge in [0.05, 0.1) is 12.1 Å². The Hall–Kier alpha value is -2.08. The van der Waals surface area contributed by atoms with Crippen LogP contribution in [0.15, 0.2) is 0 Å². The van der Waals surface area contributed by atoms with Gasteiger partial charge in [-0.1, -0.05) is 20.8 Å². The van der Waals surface area contributed by atoms with Crippen molar-refractivity contribution in [1.29, 1.82) is 10.5 Å². The summed E-state index contributed by atoms with van der Waals surface area (Å²) in [4.78, 5) is 23.3. The molecule has 6 heteroatoms. The summed E-state index contributed by atoms with van der Waals surface area (Å²) in [6.45, 7) is 6.80. The first-order chi connectivity index (χ1) is 10.2. The van der Waals surface area contributed by atoms with E-state index in [0.717, 1.165) is 19.3 Å². The summed E-state index contributed by atoms with van der Waals surface area (Å²) in [7, 11) is 0. The third-order valence-electron chi connectivity index (χ3n) is 4.34. The summed E-state index contributed by atoms with van der Waals surface area (Å²) < 4.78 is 0. The zero-order valence-electron chi connectivity index (χ0n) is 13.5. The number of carbonyl (C=O) groups is 2. The van der Waals surface area contributed by atoms with Crippen molar-refractivity contribution in [2.45, 2.75) is 58.9 Å². The molecule has 2 amide bonds. The van der Waals surface area contributed by atoms with Crippen molar-refractivity contribution in [2.75, 3.05) is 6.54 Å². The summed E-state index contributed by atoms with van der Waals surface area (Å²) in [6.07, 6.45) is 2.33. The summed E-state index contributed by atoms with van der Waals surface area (Å²) in [6, 6.07) is 3.60. The van der Waals surface area contributed by atoms with Crippen LogP contribution < -0.4 is 10.6 Å². The van der Waals surface area contributed by atoms with Crippen molar-refractivity contribution >= 4 is 11.8 Å². The Bertz CT molecular complexity index is 515. The van der Waals surface area contributed by atoms with Gasteiger partial charge in [0.2, 0.25) is 11.8 Å². The molecule has 0 aromatic heterocycles. The Morgan fingerprint density at radius 2 is 1.73 bits per heavy atom. The van der Waals surface area contributed by atoms with Gasteiger partial charge in [-0.3, -0.25) is 9.59 Å². The molecule has 0 aliphatic heterocycles. The first-order valence-corrected chi connectivity index (χ1v) is 7.52. The van der Waals surface area contributed by atoms with Crippen molar-refractivity contribution in [2.24, 2.45) is 10.8 Å². The van der Waals surface area contributed by atoms with E-state index in [-0.39, 0.29) is 41.5 Å². The average molecular weight is 304 g/mol. The van der Waals surface area contributed by atoms with Gasteiger partial charge >= 0.3 is 0 Å². The maximum Gasteiger partial charge on any atom is 0.234 e. The topological polar surface area (TPSA) is 106 Å². The van der Waals surface area contributed by atoms with E-state index in [1.807, 2.05) is 19.1 Å². The summed E-state index contributed by atoms with van der Waals surface area (Å²) in [5.41, 5.74) is -0.164. The Morgan fingerprint density at radius 1 is 1.14 bits per heavy atom. The maximum atomic E-state index is 11.7. The van der Waals surface area contributed by atoms with Gasteiger partial charge in [-0.15, -0.1) is 0 Å². The number of hydrogen-bond donors (Lipinski definition) is 2. The lowest BCUT2D eigenvalue weighted by atomic mass is 9.61. The molecule has 0 saturated heterocycles. The van der Waals surface area contributed by atoms with E-state index in [1.54, 1.807) is 0 Å². The summed E-state index contributed by atoms with van der Waals surface area (Å²) in [5.74, 6) is -0.573. The molecule has 0 aromatic rings. The molecule has 2 unspecified atom stereocenters. The molecule has 0 radical (unpaired) electrons. The lowest BCUT2D eigenvalue weighted by Crippen LogP contribution is -2.55. The average Bonchev–Trinajstić information content (AvgIpc) is 2.40. The second-order valence-electron chi connectivity index (χ2n) is 7.10. The highest BCUT2D eigenvalue weighted by Gasteiger charge is 2.44. The Balaban J connectivity index is 2.80. The van der Waals surface area contributed by atoms with Gasteiger partial charge in [0.15, 0.2) is 0 Å². The van der Waals surface area contributed by atoms with Crippen LogP contribution in [0.2, 0.25) is 0 Å². The Morgan fingerprint density at radius 3 is 2.32 bits per heavy atom. The van der Waals surface area contributed by atoms with Crippen molar-refractivity contribution in [3.8, 4) is 12.1 Å². The lowest BCUT2D eigenvalue weighted by molar-refractivity contribution is -0.123. The molecule has 2 N–H and O–H groups in total. The number of hydrogen-bond acceptors (Lipinski definition) is 4. The van der Waals surface area contributed by atoms with E-state index in [9.17, 15) is 9.59 Å². The van der Waals surface area contributed by atoms with E-state index in [2.05, 4.69) is 24.5 Å². The number of carbonyl (C=O) groups excluding carboxylic acids is 2. The number of rotatable bonds is 5. The van der Waals surface area contributed by atoms with Crippen molar-refractivity contribution < 1.29 is 9.59 Å². The Labute approximate surface area is 131 Å². The molecule has 1 fully saturated rings. The first kappa shape index (κ1) is 18.0. The highest BCUT2D eigenvalue weighted by atomic mass is 16.2. The fraction of sp³-hybridized carbons (Fsp3) is 0.750. The number of nitrogens with one attached hydrogen (secondary N) is 2. The summed E-state index contributed by atoms with van der Waals surface area (Å²) >= 11 is 0. The second-order valence-corrected chi connectivity index (χ2v) is 7.10. The van der Waals surface area contributed by atoms with E-state index >= 15 is 0 Å². The third kappa shape index (κ3) is 5.04. The monoisotopic (exact) mass is 304 g/mol. The van der Waals surface area contributed by atoms with Gasteiger partial charge in [-0.25, -0.2) is 0 Å². The van der Waals surface area contributed by atoms with Gasteiger partial charge in [0, 0.05) is 18.0 Å². The van der Waals surface area contributed by atoms with Crippen LogP contribution >= 0.6 is 0 Å². The predicted octanol–water partition coefficient (Wildman–Crippen LogP) is 1.63. The SMILES string of the molecule is CC1(C)CCC(NC(=O)CC#N)C(C)(CNC(=O)CC#N)C1. The molecule has 120 valence electrons. The summed E-state index contributed by atoms with van der Waals surface area (Å²) in [5, 5.41) is 22.9. The molecule has 1 aliphatic carbocycles. The first-order valence-electron chi connectivity index (χ1n) is 7.52. The normalized spacial score (nSPS) is 26.3. The zero-order valence-corrected chi connectivity index (χ0v) is 13.5. The van der Waals surface area contributed by atoms with Gasteiger partial charge in [-0.05, 0) is 24.7 Å². The standard InChI is InChI=1S/C16H24N4O2/c1-15(2)7-4-12(20-14(22)6-9-18)16(3,10-15)11-19-13(21)5-8-17/h12H,4-7,10-11H2,1-3H3,(H,19,21)(H,20,22). The van der Waals surface area contributed by atoms with Crippen LogP contribution in [0.3, 0.4) is 0 Å². The quantitative estimate of drug-likeness (QED) is 0.805. The smallest absolute Gasteiger partial charge is 0.234 e. The minimum Gasteiger partial charge on any atom is -0.355 e. The molecule has 0 aromatic carbocycles. The van der Waals surface area contributed by atoms with Crippen LogP contribution in [-0.4, -0.2) is 24.4 Å². The molecule has 1 rings (SSSR count). The molecular formula is C16H24N4O2. The van der Waals surface area contributed by atoms with E-state index in [1.165, 1.54) is 0 Å². The largest absolute Gasteiger partial charge is 0.355 e. The van der Waals surface area contributed by atoms with Crippen molar-refractivity contribution in [3.63, 3.8) is 0 Å². The third-order valence-corrected chi connectivity index (χ3v) is 4.34. The van der Waals surface area contributed by atoms with Crippen LogP contribution in [-0.2, 0) is 9.59 Å². The fourth-order valence-electron chi connectivity index (χ4n) is 3.37. The zero-order chi connectivity index (χ0) is 16.8. The van der Waals surface area contributed by atoms with Crippen LogP contribution in [0.1, 0.15) is 52.9 Å². The van der Waals surface area contributed by atoms with Crippen LogP contribution in [0.4, 0.5) is 0 Å². The van der Waals surface area contributed by atoms with Gasteiger partial charge in [0.25, 0.3) is 0 Å². The number of nitriles is 2. The molecule has 1 saturated carbocycles. The fourth-order valence-corrected chi connectivity index (χ4v) is 3.37. The van der Waals surface area contributed by atoms with E-state index < -0.39 is 0 Å². The Kier molecular flexibility index (Phi) is 5.93. The van der Waals surface area contributed by atoms with Gasteiger partial charge in [0.1, 0.15) is 12.8 Å².